The van der Waals surface area contributed by atoms with Gasteiger partial charge in [0.25, 0.3) is 10.0 Å². The van der Waals surface area contributed by atoms with Crippen LogP contribution in [0.5, 0.6) is 11.5 Å². The second-order valence-corrected chi connectivity index (χ2v) is 11.8. The Balaban J connectivity index is 1.50. The van der Waals surface area contributed by atoms with Crippen molar-refractivity contribution < 1.29 is 13.2 Å². The Hall–Kier alpha value is -3.32. The molecule has 0 unspecified atom stereocenters. The Morgan fingerprint density at radius 1 is 0.886 bits per heavy atom. The Bertz CT molecular complexity index is 1370. The van der Waals surface area contributed by atoms with E-state index in [2.05, 4.69) is 30.4 Å². The summed E-state index contributed by atoms with van der Waals surface area (Å²) in [6.07, 6.45) is 3.42. The predicted octanol–water partition coefficient (Wildman–Crippen LogP) is 6.45. The molecule has 0 bridgehead atoms. The highest BCUT2D eigenvalue weighted by Gasteiger charge is 2.25. The van der Waals surface area contributed by atoms with Crippen molar-refractivity contribution in [1.29, 1.82) is 0 Å². The number of aliphatic imine (C=N–C) groups is 1. The average molecular weight is 490 g/mol. The van der Waals surface area contributed by atoms with Crippen LogP contribution in [0.15, 0.2) is 76.6 Å². The molecule has 0 amide bonds. The lowest BCUT2D eigenvalue weighted by Gasteiger charge is -2.30. The summed E-state index contributed by atoms with van der Waals surface area (Å²) in [7, 11) is -3.75. The van der Waals surface area contributed by atoms with Gasteiger partial charge in [-0.25, -0.2) is 13.4 Å². The number of fused-ring (bicyclic) bond motifs is 2. The van der Waals surface area contributed by atoms with E-state index in [-0.39, 0.29) is 10.3 Å². The minimum absolute atomic E-state index is 0.0471. The van der Waals surface area contributed by atoms with Crippen molar-refractivity contribution in [2.75, 3.05) is 17.8 Å². The van der Waals surface area contributed by atoms with Crippen molar-refractivity contribution in [3.05, 3.63) is 77.9 Å². The number of piperidine rings is 1. The molecule has 2 aliphatic rings. The van der Waals surface area contributed by atoms with Crippen LogP contribution in [-0.4, -0.2) is 32.2 Å². The molecule has 2 heterocycles. The highest BCUT2D eigenvalue weighted by Crippen LogP contribution is 2.39. The quantitative estimate of drug-likeness (QED) is 0.459. The van der Waals surface area contributed by atoms with Crippen LogP contribution in [0.2, 0.25) is 0 Å². The molecular formula is C28H31N3O3S. The lowest BCUT2D eigenvalue weighted by molar-refractivity contribution is 0.342. The summed E-state index contributed by atoms with van der Waals surface area (Å²) in [6.45, 7) is 8.14. The molecule has 1 saturated heterocycles. The number of amidine groups is 1. The summed E-state index contributed by atoms with van der Waals surface area (Å²) in [5.74, 6) is 2.17. The van der Waals surface area contributed by atoms with E-state index >= 15 is 0 Å². The van der Waals surface area contributed by atoms with E-state index in [9.17, 15) is 8.42 Å². The van der Waals surface area contributed by atoms with Crippen molar-refractivity contribution in [3.8, 4) is 11.5 Å². The summed E-state index contributed by atoms with van der Waals surface area (Å²) in [4.78, 5) is 7.48. The van der Waals surface area contributed by atoms with Crippen LogP contribution in [0, 0.1) is 0 Å². The summed E-state index contributed by atoms with van der Waals surface area (Å²) in [6, 6.07) is 20.2. The molecule has 0 aliphatic carbocycles. The molecule has 0 spiro atoms. The van der Waals surface area contributed by atoms with E-state index in [0.29, 0.717) is 17.2 Å². The Labute approximate surface area is 207 Å². The molecule has 7 heteroatoms. The summed E-state index contributed by atoms with van der Waals surface area (Å²) >= 11 is 0. The summed E-state index contributed by atoms with van der Waals surface area (Å²) in [5.41, 5.74) is 3.06. The smallest absolute Gasteiger partial charge is 0.261 e. The number of likely N-dealkylation sites (tertiary alicyclic amines) is 1. The van der Waals surface area contributed by atoms with Gasteiger partial charge in [-0.3, -0.25) is 4.72 Å². The van der Waals surface area contributed by atoms with Gasteiger partial charge in [0.1, 0.15) is 17.3 Å². The minimum Gasteiger partial charge on any atom is -0.454 e. The van der Waals surface area contributed by atoms with Crippen molar-refractivity contribution in [2.45, 2.75) is 50.3 Å². The van der Waals surface area contributed by atoms with Gasteiger partial charge in [0.05, 0.1) is 10.5 Å². The number of hydrogen-bond acceptors (Lipinski definition) is 5. The first-order valence-electron chi connectivity index (χ1n) is 12.1. The van der Waals surface area contributed by atoms with Gasteiger partial charge in [0.2, 0.25) is 0 Å². The van der Waals surface area contributed by atoms with Gasteiger partial charge in [-0.15, -0.1) is 0 Å². The summed E-state index contributed by atoms with van der Waals surface area (Å²) in [5, 5.41) is 0. The molecular weight excluding hydrogens is 458 g/mol. The zero-order valence-corrected chi connectivity index (χ0v) is 21.2. The van der Waals surface area contributed by atoms with Crippen molar-refractivity contribution in [3.63, 3.8) is 0 Å². The molecule has 0 saturated carbocycles. The van der Waals surface area contributed by atoms with Crippen molar-refractivity contribution in [1.82, 2.24) is 4.90 Å². The molecule has 6 nitrogen and oxygen atoms in total. The van der Waals surface area contributed by atoms with E-state index in [1.54, 1.807) is 18.2 Å². The standard InChI is InChI=1S/C28H31N3O3S/c1-28(2,3)20-11-14-22(15-12-20)35(32,33)30-21-13-16-25-23(19-21)27(31-17-7-4-8-18-31)29-24-9-5-6-10-26(24)34-25/h5-6,9-16,19,30H,4,7-8,17-18H2,1-3H3. The topological polar surface area (TPSA) is 71.0 Å². The van der Waals surface area contributed by atoms with Crippen LogP contribution in [0.25, 0.3) is 0 Å². The maximum absolute atomic E-state index is 13.2. The largest absolute Gasteiger partial charge is 0.454 e. The van der Waals surface area contributed by atoms with Gasteiger partial charge in [-0.05, 0) is 72.7 Å². The molecule has 0 aromatic heterocycles. The number of ether oxygens (including phenoxy) is 1. The van der Waals surface area contributed by atoms with E-state index < -0.39 is 10.0 Å². The third-order valence-corrected chi connectivity index (χ3v) is 7.87. The fourth-order valence-corrected chi connectivity index (χ4v) is 5.53. The molecule has 0 atom stereocenters. The minimum atomic E-state index is -3.75. The SMILES string of the molecule is CC(C)(C)c1ccc(S(=O)(=O)Nc2ccc3c(c2)C(N2CCCCC2)=Nc2ccccc2O3)cc1. The lowest BCUT2D eigenvalue weighted by atomic mass is 9.87. The number of sulfonamides is 1. The number of hydrogen-bond donors (Lipinski definition) is 1. The van der Waals surface area contributed by atoms with E-state index in [4.69, 9.17) is 9.73 Å². The molecule has 35 heavy (non-hydrogen) atoms. The highest BCUT2D eigenvalue weighted by atomic mass is 32.2. The molecule has 3 aromatic rings. The normalized spacial score (nSPS) is 15.9. The van der Waals surface area contributed by atoms with Crippen LogP contribution in [0.4, 0.5) is 11.4 Å². The fraction of sp³-hybridized carbons (Fsp3) is 0.321. The van der Waals surface area contributed by atoms with E-state index in [0.717, 1.165) is 48.6 Å². The van der Waals surface area contributed by atoms with Crippen LogP contribution in [-0.2, 0) is 15.4 Å². The van der Waals surface area contributed by atoms with E-state index in [1.807, 2.05) is 48.5 Å². The molecule has 3 aromatic carbocycles. The third kappa shape index (κ3) is 4.91. The van der Waals surface area contributed by atoms with Crippen LogP contribution in [0.1, 0.15) is 51.2 Å². The van der Waals surface area contributed by atoms with Crippen LogP contribution >= 0.6 is 0 Å². The number of nitrogens with zero attached hydrogens (tertiary/aromatic N) is 2. The van der Waals surface area contributed by atoms with Gasteiger partial charge in [-0.2, -0.15) is 0 Å². The monoisotopic (exact) mass is 489 g/mol. The Morgan fingerprint density at radius 2 is 1.60 bits per heavy atom. The highest BCUT2D eigenvalue weighted by molar-refractivity contribution is 7.92. The fourth-order valence-electron chi connectivity index (χ4n) is 4.48. The molecule has 0 radical (unpaired) electrons. The van der Waals surface area contributed by atoms with Crippen LogP contribution < -0.4 is 9.46 Å². The maximum atomic E-state index is 13.2. The van der Waals surface area contributed by atoms with Crippen molar-refractivity contribution >= 4 is 27.2 Å². The average Bonchev–Trinajstić information content (AvgIpc) is 3.00. The molecule has 2 aliphatic heterocycles. The van der Waals surface area contributed by atoms with Gasteiger partial charge in [0, 0.05) is 18.8 Å². The zero-order chi connectivity index (χ0) is 24.6. The first kappa shape index (κ1) is 23.4. The van der Waals surface area contributed by atoms with Crippen LogP contribution in [0.3, 0.4) is 0 Å². The molecule has 182 valence electrons. The number of rotatable bonds is 3. The second-order valence-electron chi connectivity index (χ2n) is 10.1. The van der Waals surface area contributed by atoms with Gasteiger partial charge >= 0.3 is 0 Å². The van der Waals surface area contributed by atoms with Gasteiger partial charge in [0.15, 0.2) is 5.75 Å². The number of anilines is 1. The van der Waals surface area contributed by atoms with Crippen molar-refractivity contribution in [2.24, 2.45) is 4.99 Å². The molecule has 1 fully saturated rings. The zero-order valence-electron chi connectivity index (χ0n) is 20.4. The van der Waals surface area contributed by atoms with Gasteiger partial charge < -0.3 is 9.64 Å². The van der Waals surface area contributed by atoms with Gasteiger partial charge in [-0.1, -0.05) is 45.0 Å². The number of benzene rings is 3. The second kappa shape index (κ2) is 9.04. The van der Waals surface area contributed by atoms with E-state index in [1.165, 1.54) is 6.42 Å². The Kier molecular flexibility index (Phi) is 6.05. The first-order chi connectivity index (χ1) is 16.7. The number of para-hydroxylation sites is 2. The first-order valence-corrected chi connectivity index (χ1v) is 13.6. The third-order valence-electron chi connectivity index (χ3n) is 6.47. The maximum Gasteiger partial charge on any atom is 0.261 e. The Morgan fingerprint density at radius 3 is 2.31 bits per heavy atom. The number of nitrogens with one attached hydrogen (secondary N) is 1. The molecule has 1 N–H and O–H groups in total. The predicted molar refractivity (Wildman–Crippen MR) is 141 cm³/mol. The lowest BCUT2D eigenvalue weighted by Crippen LogP contribution is -2.36. The summed E-state index contributed by atoms with van der Waals surface area (Å²) < 4.78 is 35.3. The molecule has 5 rings (SSSR count).